The number of urea groups is 1. The number of hydrogen-bond acceptors (Lipinski definition) is 4. The minimum absolute atomic E-state index is 0.0552. The van der Waals surface area contributed by atoms with Crippen molar-refractivity contribution in [3.05, 3.63) is 23.9 Å². The first kappa shape index (κ1) is 18.0. The van der Waals surface area contributed by atoms with E-state index in [1.165, 1.54) is 38.8 Å². The predicted octanol–water partition coefficient (Wildman–Crippen LogP) is 2.31. The van der Waals surface area contributed by atoms with Crippen LogP contribution in [-0.2, 0) is 6.54 Å². The normalized spacial score (nSPS) is 21.8. The summed E-state index contributed by atoms with van der Waals surface area (Å²) in [7, 11) is 3.95. The molecule has 2 amide bonds. The Hall–Kier alpha value is -1.82. The van der Waals surface area contributed by atoms with Gasteiger partial charge in [0.25, 0.3) is 0 Å². The highest BCUT2D eigenvalue weighted by Gasteiger charge is 2.27. The zero-order chi connectivity index (χ0) is 17.6. The first-order valence-electron chi connectivity index (χ1n) is 9.53. The van der Waals surface area contributed by atoms with Crippen molar-refractivity contribution in [2.45, 2.75) is 44.7 Å². The zero-order valence-corrected chi connectivity index (χ0v) is 15.6. The van der Waals surface area contributed by atoms with Crippen LogP contribution in [0.3, 0.4) is 0 Å². The molecule has 2 aliphatic heterocycles. The number of nitrogens with zero attached hydrogens (tertiary/aromatic N) is 4. The van der Waals surface area contributed by atoms with Crippen molar-refractivity contribution in [1.29, 1.82) is 0 Å². The van der Waals surface area contributed by atoms with Crippen LogP contribution in [0.2, 0.25) is 0 Å². The fourth-order valence-corrected chi connectivity index (χ4v) is 3.96. The molecule has 0 bridgehead atoms. The molecule has 3 heterocycles. The molecule has 1 aromatic heterocycles. The number of pyridine rings is 1. The van der Waals surface area contributed by atoms with E-state index in [4.69, 9.17) is 0 Å². The molecular weight excluding hydrogens is 314 g/mol. The first-order valence-corrected chi connectivity index (χ1v) is 9.53. The van der Waals surface area contributed by atoms with Gasteiger partial charge in [-0.25, -0.2) is 9.78 Å². The lowest BCUT2D eigenvalue weighted by Crippen LogP contribution is -2.47. The summed E-state index contributed by atoms with van der Waals surface area (Å²) in [5, 5.41) is 3.10. The Bertz CT molecular complexity index is 571. The number of anilines is 1. The van der Waals surface area contributed by atoms with Crippen LogP contribution in [0.5, 0.6) is 0 Å². The van der Waals surface area contributed by atoms with Crippen LogP contribution in [0.25, 0.3) is 0 Å². The highest BCUT2D eigenvalue weighted by atomic mass is 16.2. The highest BCUT2D eigenvalue weighted by Crippen LogP contribution is 2.20. The van der Waals surface area contributed by atoms with Gasteiger partial charge < -0.3 is 15.1 Å². The number of hydrogen-bond donors (Lipinski definition) is 1. The highest BCUT2D eigenvalue weighted by molar-refractivity contribution is 5.74. The molecular formula is C19H31N5O. The first-order chi connectivity index (χ1) is 12.1. The number of amides is 2. The SMILES string of the molecule is CN(C)c1ncccc1CNC(=O)N1CCCCC(N2CCCC2)C1. The van der Waals surface area contributed by atoms with E-state index in [-0.39, 0.29) is 6.03 Å². The minimum Gasteiger partial charge on any atom is -0.362 e. The monoisotopic (exact) mass is 345 g/mol. The van der Waals surface area contributed by atoms with Gasteiger partial charge in [-0.15, -0.1) is 0 Å². The summed E-state index contributed by atoms with van der Waals surface area (Å²) in [6.07, 6.45) is 7.94. The minimum atomic E-state index is 0.0552. The average Bonchev–Trinajstić information content (AvgIpc) is 3.04. The third-order valence-electron chi connectivity index (χ3n) is 5.31. The third kappa shape index (κ3) is 4.63. The number of carbonyl (C=O) groups is 1. The number of rotatable bonds is 4. The van der Waals surface area contributed by atoms with Crippen LogP contribution in [0.15, 0.2) is 18.3 Å². The summed E-state index contributed by atoms with van der Waals surface area (Å²) in [4.78, 5) is 23.7. The molecule has 1 atom stereocenters. The van der Waals surface area contributed by atoms with Crippen LogP contribution >= 0.6 is 0 Å². The van der Waals surface area contributed by atoms with E-state index in [0.29, 0.717) is 12.6 Å². The second-order valence-electron chi connectivity index (χ2n) is 7.38. The van der Waals surface area contributed by atoms with Crippen LogP contribution < -0.4 is 10.2 Å². The Morgan fingerprint density at radius 2 is 2.00 bits per heavy atom. The Kier molecular flexibility index (Phi) is 6.13. The van der Waals surface area contributed by atoms with Crippen molar-refractivity contribution in [1.82, 2.24) is 20.1 Å². The summed E-state index contributed by atoms with van der Waals surface area (Å²) >= 11 is 0. The number of nitrogens with one attached hydrogen (secondary N) is 1. The number of carbonyl (C=O) groups excluding carboxylic acids is 1. The number of likely N-dealkylation sites (tertiary alicyclic amines) is 2. The summed E-state index contributed by atoms with van der Waals surface area (Å²) in [5.41, 5.74) is 1.05. The molecule has 2 saturated heterocycles. The second kappa shape index (κ2) is 8.52. The van der Waals surface area contributed by atoms with E-state index < -0.39 is 0 Å². The average molecular weight is 345 g/mol. The van der Waals surface area contributed by atoms with E-state index in [0.717, 1.165) is 30.9 Å². The maximum absolute atomic E-state index is 12.7. The van der Waals surface area contributed by atoms with Crippen molar-refractivity contribution in [3.63, 3.8) is 0 Å². The fourth-order valence-electron chi connectivity index (χ4n) is 3.96. The van der Waals surface area contributed by atoms with Gasteiger partial charge in [0.05, 0.1) is 0 Å². The van der Waals surface area contributed by atoms with Crippen LogP contribution in [0.4, 0.5) is 10.6 Å². The van der Waals surface area contributed by atoms with Crippen molar-refractivity contribution in [3.8, 4) is 0 Å². The van der Waals surface area contributed by atoms with E-state index in [9.17, 15) is 4.79 Å². The van der Waals surface area contributed by atoms with E-state index in [2.05, 4.69) is 15.2 Å². The molecule has 0 spiro atoms. The Morgan fingerprint density at radius 3 is 2.76 bits per heavy atom. The van der Waals surface area contributed by atoms with Crippen molar-refractivity contribution in [2.75, 3.05) is 45.2 Å². The summed E-state index contributed by atoms with van der Waals surface area (Å²) in [6.45, 7) is 4.64. The van der Waals surface area contributed by atoms with Crippen molar-refractivity contribution >= 4 is 11.8 Å². The standard InChI is InChI=1S/C19H31N5O/c1-22(2)18-16(8-7-10-20-18)14-21-19(25)24-13-4-3-9-17(15-24)23-11-5-6-12-23/h7-8,10,17H,3-6,9,11-15H2,1-2H3,(H,21,25). The van der Waals surface area contributed by atoms with Gasteiger partial charge in [-0.05, 0) is 44.8 Å². The molecule has 6 heteroatoms. The molecule has 0 aromatic carbocycles. The predicted molar refractivity (Wildman–Crippen MR) is 101 cm³/mol. The lowest BCUT2D eigenvalue weighted by molar-refractivity contribution is 0.165. The van der Waals surface area contributed by atoms with Gasteiger partial charge in [-0.1, -0.05) is 12.5 Å². The molecule has 0 aliphatic carbocycles. The van der Waals surface area contributed by atoms with Gasteiger partial charge in [0, 0.05) is 51.5 Å². The number of aromatic nitrogens is 1. The van der Waals surface area contributed by atoms with Gasteiger partial charge in [-0.2, -0.15) is 0 Å². The molecule has 2 aliphatic rings. The maximum atomic E-state index is 12.7. The molecule has 2 fully saturated rings. The van der Waals surface area contributed by atoms with Crippen molar-refractivity contribution < 1.29 is 4.79 Å². The molecule has 0 radical (unpaired) electrons. The Balaban J connectivity index is 1.58. The molecule has 1 aromatic rings. The van der Waals surface area contributed by atoms with E-state index in [1.54, 1.807) is 6.20 Å². The molecule has 1 unspecified atom stereocenters. The van der Waals surface area contributed by atoms with Crippen LogP contribution in [0, 0.1) is 0 Å². The Morgan fingerprint density at radius 1 is 1.24 bits per heavy atom. The molecule has 138 valence electrons. The summed E-state index contributed by atoms with van der Waals surface area (Å²) in [6, 6.07) is 4.54. The second-order valence-corrected chi connectivity index (χ2v) is 7.38. The largest absolute Gasteiger partial charge is 0.362 e. The van der Waals surface area contributed by atoms with E-state index in [1.807, 2.05) is 36.0 Å². The lowest BCUT2D eigenvalue weighted by atomic mass is 10.1. The molecule has 1 N–H and O–H groups in total. The summed E-state index contributed by atoms with van der Waals surface area (Å²) < 4.78 is 0. The van der Waals surface area contributed by atoms with Crippen LogP contribution in [0.1, 0.15) is 37.7 Å². The fraction of sp³-hybridized carbons (Fsp3) is 0.684. The van der Waals surface area contributed by atoms with Gasteiger partial charge in [-0.3, -0.25) is 4.90 Å². The van der Waals surface area contributed by atoms with E-state index >= 15 is 0 Å². The van der Waals surface area contributed by atoms with Gasteiger partial charge >= 0.3 is 6.03 Å². The maximum Gasteiger partial charge on any atom is 0.317 e. The van der Waals surface area contributed by atoms with Crippen LogP contribution in [-0.4, -0.2) is 67.1 Å². The molecule has 25 heavy (non-hydrogen) atoms. The Labute approximate surface area is 151 Å². The molecule has 3 rings (SSSR count). The molecule has 6 nitrogen and oxygen atoms in total. The van der Waals surface area contributed by atoms with Crippen molar-refractivity contribution in [2.24, 2.45) is 0 Å². The zero-order valence-electron chi connectivity index (χ0n) is 15.6. The lowest BCUT2D eigenvalue weighted by Gasteiger charge is -2.30. The van der Waals surface area contributed by atoms with Gasteiger partial charge in [0.1, 0.15) is 5.82 Å². The summed E-state index contributed by atoms with van der Waals surface area (Å²) in [5.74, 6) is 0.911. The third-order valence-corrected chi connectivity index (χ3v) is 5.31. The van der Waals surface area contributed by atoms with Gasteiger partial charge in [0.2, 0.25) is 0 Å². The quantitative estimate of drug-likeness (QED) is 0.910. The van der Waals surface area contributed by atoms with Gasteiger partial charge in [0.15, 0.2) is 0 Å². The molecule has 0 saturated carbocycles. The topological polar surface area (TPSA) is 51.7 Å². The smallest absolute Gasteiger partial charge is 0.317 e.